The molecule has 3 aromatic rings. The van der Waals surface area contributed by atoms with Gasteiger partial charge in [-0.15, -0.1) is 0 Å². The molecule has 0 unspecified atom stereocenters. The number of carbonyl (C=O) groups is 1. The molecule has 23 heavy (non-hydrogen) atoms. The maximum Gasteiger partial charge on any atom is 0.234 e. The predicted octanol–water partition coefficient (Wildman–Crippen LogP) is 3.96. The monoisotopic (exact) mass is 346 g/mol. The second-order valence-electron chi connectivity index (χ2n) is 5.15. The van der Waals surface area contributed by atoms with E-state index in [0.717, 1.165) is 22.3 Å². The van der Waals surface area contributed by atoms with E-state index in [-0.39, 0.29) is 11.7 Å². The Hall–Kier alpha value is -2.05. The topological polar surface area (TPSA) is 70.7 Å². The first kappa shape index (κ1) is 15.8. The largest absolute Gasteiger partial charge is 0.331 e. The van der Waals surface area contributed by atoms with Crippen LogP contribution in [0.2, 0.25) is 5.02 Å². The van der Waals surface area contributed by atoms with E-state index < -0.39 is 0 Å². The molecule has 2 aromatic heterocycles. The lowest BCUT2D eigenvalue weighted by Gasteiger charge is -2.09. The van der Waals surface area contributed by atoms with Crippen molar-refractivity contribution in [2.45, 2.75) is 19.0 Å². The van der Waals surface area contributed by atoms with Gasteiger partial charge in [0.25, 0.3) is 0 Å². The van der Waals surface area contributed by atoms with Crippen LogP contribution < -0.4 is 5.32 Å². The van der Waals surface area contributed by atoms with Gasteiger partial charge in [-0.1, -0.05) is 35.5 Å². The summed E-state index contributed by atoms with van der Waals surface area (Å²) in [6.45, 7) is 4.01. The SMILES string of the molecule is Cc1cccc(NC(=O)CSc2nc3ncc(Cl)cc3[nH]2)c1C. The van der Waals surface area contributed by atoms with Crippen LogP contribution in [0.1, 0.15) is 11.1 Å². The molecule has 0 saturated heterocycles. The van der Waals surface area contributed by atoms with Crippen molar-refractivity contribution in [2.24, 2.45) is 0 Å². The number of thioether (sulfide) groups is 1. The van der Waals surface area contributed by atoms with Gasteiger partial charge < -0.3 is 10.3 Å². The Morgan fingerprint density at radius 2 is 2.22 bits per heavy atom. The molecule has 1 amide bonds. The molecule has 0 aliphatic heterocycles. The number of anilines is 1. The molecule has 2 heterocycles. The summed E-state index contributed by atoms with van der Waals surface area (Å²) in [7, 11) is 0. The number of fused-ring (bicyclic) bond motifs is 1. The van der Waals surface area contributed by atoms with E-state index in [2.05, 4.69) is 20.3 Å². The standard InChI is InChI=1S/C16H15ClN4OS/c1-9-4-3-5-12(10(9)2)19-14(22)8-23-16-20-13-6-11(17)7-18-15(13)21-16/h3-7H,8H2,1-2H3,(H,19,22)(H,18,20,21). The van der Waals surface area contributed by atoms with Crippen LogP contribution in [0.25, 0.3) is 11.2 Å². The number of amides is 1. The zero-order chi connectivity index (χ0) is 16.4. The number of imidazole rings is 1. The lowest BCUT2D eigenvalue weighted by molar-refractivity contribution is -0.113. The number of hydrogen-bond donors (Lipinski definition) is 2. The summed E-state index contributed by atoms with van der Waals surface area (Å²) in [5.74, 6) is 0.191. The highest BCUT2D eigenvalue weighted by Gasteiger charge is 2.10. The lowest BCUT2D eigenvalue weighted by atomic mass is 10.1. The first-order valence-electron chi connectivity index (χ1n) is 7.03. The third-order valence-electron chi connectivity index (χ3n) is 3.50. The molecule has 3 rings (SSSR count). The van der Waals surface area contributed by atoms with Crippen LogP contribution in [0, 0.1) is 13.8 Å². The fraction of sp³-hybridized carbons (Fsp3) is 0.188. The Labute approximate surface area is 142 Å². The van der Waals surface area contributed by atoms with Crippen LogP contribution in [0.15, 0.2) is 35.6 Å². The fourth-order valence-corrected chi connectivity index (χ4v) is 2.96. The van der Waals surface area contributed by atoms with E-state index >= 15 is 0 Å². The molecule has 0 aliphatic carbocycles. The Balaban J connectivity index is 1.65. The molecular formula is C16H15ClN4OS. The summed E-state index contributed by atoms with van der Waals surface area (Å²) in [5.41, 5.74) is 4.42. The highest BCUT2D eigenvalue weighted by atomic mass is 35.5. The average Bonchev–Trinajstić information content (AvgIpc) is 2.92. The van der Waals surface area contributed by atoms with Gasteiger partial charge in [-0.25, -0.2) is 9.97 Å². The van der Waals surface area contributed by atoms with Gasteiger partial charge >= 0.3 is 0 Å². The zero-order valence-corrected chi connectivity index (χ0v) is 14.3. The van der Waals surface area contributed by atoms with Crippen LogP contribution in [0.5, 0.6) is 0 Å². The Morgan fingerprint density at radius 3 is 3.04 bits per heavy atom. The van der Waals surface area contributed by atoms with Gasteiger partial charge in [-0.2, -0.15) is 0 Å². The fourth-order valence-electron chi connectivity index (χ4n) is 2.13. The highest BCUT2D eigenvalue weighted by Crippen LogP contribution is 2.22. The third-order valence-corrected chi connectivity index (χ3v) is 4.58. The number of aromatic amines is 1. The molecule has 5 nitrogen and oxygen atoms in total. The molecule has 0 fully saturated rings. The van der Waals surface area contributed by atoms with E-state index in [0.29, 0.717) is 15.8 Å². The third kappa shape index (κ3) is 3.65. The molecule has 0 radical (unpaired) electrons. The van der Waals surface area contributed by atoms with Crippen LogP contribution in [0.3, 0.4) is 0 Å². The van der Waals surface area contributed by atoms with Crippen molar-refractivity contribution in [2.75, 3.05) is 11.1 Å². The van der Waals surface area contributed by atoms with Gasteiger partial charge in [0.1, 0.15) is 0 Å². The lowest BCUT2D eigenvalue weighted by Crippen LogP contribution is -2.15. The minimum absolute atomic E-state index is 0.0739. The number of halogens is 1. The van der Waals surface area contributed by atoms with Gasteiger partial charge in [0, 0.05) is 11.9 Å². The predicted molar refractivity (Wildman–Crippen MR) is 94.2 cm³/mol. The highest BCUT2D eigenvalue weighted by molar-refractivity contribution is 7.99. The molecule has 7 heteroatoms. The maximum absolute atomic E-state index is 12.1. The van der Waals surface area contributed by atoms with E-state index in [9.17, 15) is 4.79 Å². The van der Waals surface area contributed by atoms with E-state index in [1.807, 2.05) is 32.0 Å². The molecule has 2 N–H and O–H groups in total. The number of aryl methyl sites for hydroxylation is 1. The first-order valence-corrected chi connectivity index (χ1v) is 8.39. The minimum atomic E-state index is -0.0739. The van der Waals surface area contributed by atoms with E-state index in [4.69, 9.17) is 11.6 Å². The summed E-state index contributed by atoms with van der Waals surface area (Å²) >= 11 is 7.22. The number of rotatable bonds is 4. The smallest absolute Gasteiger partial charge is 0.234 e. The van der Waals surface area contributed by atoms with Crippen molar-refractivity contribution in [3.63, 3.8) is 0 Å². The average molecular weight is 347 g/mol. The van der Waals surface area contributed by atoms with Crippen molar-refractivity contribution in [1.82, 2.24) is 15.0 Å². The molecule has 0 bridgehead atoms. The molecule has 0 saturated carbocycles. The second kappa shape index (κ2) is 6.60. The zero-order valence-electron chi connectivity index (χ0n) is 12.7. The van der Waals surface area contributed by atoms with Crippen LogP contribution in [0.4, 0.5) is 5.69 Å². The van der Waals surface area contributed by atoms with Gasteiger partial charge in [0.05, 0.1) is 16.3 Å². The van der Waals surface area contributed by atoms with Crippen LogP contribution >= 0.6 is 23.4 Å². The van der Waals surface area contributed by atoms with E-state index in [1.165, 1.54) is 11.8 Å². The number of aromatic nitrogens is 3. The number of carbonyl (C=O) groups excluding carboxylic acids is 1. The maximum atomic E-state index is 12.1. The van der Waals surface area contributed by atoms with Gasteiger partial charge in [-0.3, -0.25) is 4.79 Å². The normalized spacial score (nSPS) is 10.9. The van der Waals surface area contributed by atoms with Crippen LogP contribution in [-0.4, -0.2) is 26.6 Å². The number of hydrogen-bond acceptors (Lipinski definition) is 4. The van der Waals surface area contributed by atoms with Crippen molar-refractivity contribution in [3.05, 3.63) is 46.6 Å². The minimum Gasteiger partial charge on any atom is -0.331 e. The first-order chi connectivity index (χ1) is 11.0. The molecular weight excluding hydrogens is 332 g/mol. The summed E-state index contributed by atoms with van der Waals surface area (Å²) in [5, 5.41) is 4.12. The Morgan fingerprint density at radius 1 is 1.39 bits per heavy atom. The van der Waals surface area contributed by atoms with Crippen molar-refractivity contribution in [3.8, 4) is 0 Å². The van der Waals surface area contributed by atoms with Crippen molar-refractivity contribution < 1.29 is 4.79 Å². The summed E-state index contributed by atoms with van der Waals surface area (Å²) in [6, 6.07) is 7.61. The molecule has 0 aliphatic rings. The molecule has 1 aromatic carbocycles. The Kier molecular flexibility index (Phi) is 4.54. The van der Waals surface area contributed by atoms with E-state index in [1.54, 1.807) is 12.3 Å². The van der Waals surface area contributed by atoms with Gasteiger partial charge in [0.2, 0.25) is 5.91 Å². The summed E-state index contributed by atoms with van der Waals surface area (Å²) in [6.07, 6.45) is 1.55. The molecule has 0 spiro atoms. The Bertz CT molecular complexity index is 878. The van der Waals surface area contributed by atoms with Crippen LogP contribution in [-0.2, 0) is 4.79 Å². The van der Waals surface area contributed by atoms with Crippen molar-refractivity contribution in [1.29, 1.82) is 0 Å². The quantitative estimate of drug-likeness (QED) is 0.701. The summed E-state index contributed by atoms with van der Waals surface area (Å²) < 4.78 is 0. The number of nitrogens with one attached hydrogen (secondary N) is 2. The molecule has 118 valence electrons. The van der Waals surface area contributed by atoms with Gasteiger partial charge in [-0.05, 0) is 37.1 Å². The second-order valence-corrected chi connectivity index (χ2v) is 6.55. The number of nitrogens with zero attached hydrogens (tertiary/aromatic N) is 2. The number of pyridine rings is 1. The summed E-state index contributed by atoms with van der Waals surface area (Å²) in [4.78, 5) is 23.7. The van der Waals surface area contributed by atoms with Gasteiger partial charge in [0.15, 0.2) is 10.8 Å². The molecule has 0 atom stereocenters. The number of benzene rings is 1. The number of H-pyrrole nitrogens is 1. The van der Waals surface area contributed by atoms with Crippen molar-refractivity contribution >= 4 is 46.1 Å².